The largest absolute Gasteiger partial charge is 0.465 e. The van der Waals surface area contributed by atoms with Crippen LogP contribution in [0.5, 0.6) is 0 Å². The predicted molar refractivity (Wildman–Crippen MR) is 63.7 cm³/mol. The Kier molecular flexibility index (Phi) is 3.31. The maximum absolute atomic E-state index is 11.8. The molecule has 0 spiro atoms. The monoisotopic (exact) mass is 250 g/mol. The highest BCUT2D eigenvalue weighted by molar-refractivity contribution is 5.83. The zero-order valence-corrected chi connectivity index (χ0v) is 9.74. The minimum absolute atomic E-state index is 0.0996. The van der Waals surface area contributed by atoms with Crippen LogP contribution in [0.3, 0.4) is 0 Å². The van der Waals surface area contributed by atoms with Gasteiger partial charge in [0.1, 0.15) is 6.54 Å². The molecule has 1 aliphatic rings. The van der Waals surface area contributed by atoms with Crippen LogP contribution in [0.1, 0.15) is 5.69 Å². The summed E-state index contributed by atoms with van der Waals surface area (Å²) in [5, 5.41) is 8.79. The second-order valence-corrected chi connectivity index (χ2v) is 4.10. The van der Waals surface area contributed by atoms with Crippen LogP contribution in [-0.2, 0) is 11.3 Å². The van der Waals surface area contributed by atoms with Gasteiger partial charge in [0, 0.05) is 25.0 Å². The van der Waals surface area contributed by atoms with Gasteiger partial charge in [0.15, 0.2) is 0 Å². The lowest BCUT2D eigenvalue weighted by molar-refractivity contribution is -0.135. The summed E-state index contributed by atoms with van der Waals surface area (Å²) in [5.41, 5.74) is 6.93. The first kappa shape index (κ1) is 12.2. The third kappa shape index (κ3) is 2.68. The van der Waals surface area contributed by atoms with Crippen LogP contribution in [-0.4, -0.2) is 51.5 Å². The van der Waals surface area contributed by atoms with Crippen LogP contribution >= 0.6 is 0 Å². The number of anilines is 1. The van der Waals surface area contributed by atoms with Gasteiger partial charge >= 0.3 is 6.09 Å². The van der Waals surface area contributed by atoms with Crippen LogP contribution in [0.2, 0.25) is 0 Å². The Balaban J connectivity index is 1.99. The summed E-state index contributed by atoms with van der Waals surface area (Å²) >= 11 is 0. The number of hydrogen-bond acceptors (Lipinski definition) is 4. The van der Waals surface area contributed by atoms with Gasteiger partial charge in [-0.2, -0.15) is 0 Å². The number of rotatable bonds is 2. The molecule has 2 rings (SSSR count). The molecule has 2 amide bonds. The second kappa shape index (κ2) is 4.91. The normalized spacial score (nSPS) is 15.9. The van der Waals surface area contributed by atoms with Gasteiger partial charge in [0.05, 0.1) is 12.2 Å². The Morgan fingerprint density at radius 2 is 2.28 bits per heavy atom. The Labute approximate surface area is 104 Å². The van der Waals surface area contributed by atoms with Gasteiger partial charge in [-0.25, -0.2) is 4.79 Å². The average molecular weight is 250 g/mol. The molecule has 0 saturated carbocycles. The van der Waals surface area contributed by atoms with Gasteiger partial charge in [-0.05, 0) is 12.1 Å². The number of amides is 2. The van der Waals surface area contributed by atoms with Crippen molar-refractivity contribution < 1.29 is 14.7 Å². The van der Waals surface area contributed by atoms with Crippen molar-refractivity contribution in [3.8, 4) is 0 Å². The van der Waals surface area contributed by atoms with Gasteiger partial charge < -0.3 is 15.7 Å². The van der Waals surface area contributed by atoms with E-state index in [4.69, 9.17) is 10.8 Å². The number of aromatic nitrogens is 1. The van der Waals surface area contributed by atoms with E-state index in [2.05, 4.69) is 4.98 Å². The van der Waals surface area contributed by atoms with E-state index < -0.39 is 6.09 Å². The quantitative estimate of drug-likeness (QED) is 0.768. The number of hydrogen-bond donors (Lipinski definition) is 2. The second-order valence-electron chi connectivity index (χ2n) is 4.10. The van der Waals surface area contributed by atoms with Crippen molar-refractivity contribution in [1.82, 2.24) is 14.8 Å². The van der Waals surface area contributed by atoms with E-state index in [1.807, 2.05) is 0 Å². The molecule has 3 N–H and O–H groups in total. The molecule has 1 aromatic heterocycles. The van der Waals surface area contributed by atoms with Crippen molar-refractivity contribution in [1.29, 1.82) is 0 Å². The summed E-state index contributed by atoms with van der Waals surface area (Å²) in [6, 6.07) is 3.38. The maximum atomic E-state index is 11.8. The summed E-state index contributed by atoms with van der Waals surface area (Å²) in [5.74, 6) is -0.215. The van der Waals surface area contributed by atoms with E-state index in [9.17, 15) is 9.59 Å². The summed E-state index contributed by atoms with van der Waals surface area (Å²) in [6.07, 6.45) is 0.521. The van der Waals surface area contributed by atoms with Crippen molar-refractivity contribution in [3.05, 3.63) is 24.0 Å². The van der Waals surface area contributed by atoms with Crippen LogP contribution in [0.25, 0.3) is 0 Å². The fourth-order valence-corrected chi connectivity index (χ4v) is 1.82. The number of carboxylic acid groups (broad SMARTS) is 1. The first-order valence-corrected chi connectivity index (χ1v) is 5.52. The number of pyridine rings is 1. The lowest BCUT2D eigenvalue weighted by Gasteiger charge is -2.32. The highest BCUT2D eigenvalue weighted by atomic mass is 16.4. The van der Waals surface area contributed by atoms with Gasteiger partial charge in [0.25, 0.3) is 0 Å². The first-order valence-electron chi connectivity index (χ1n) is 5.52. The SMILES string of the molecule is Nc1ccnc(CN2CCN(C(=O)O)CC2=O)c1. The van der Waals surface area contributed by atoms with Gasteiger partial charge in [0.2, 0.25) is 5.91 Å². The summed E-state index contributed by atoms with van der Waals surface area (Å²) in [6.45, 7) is 0.958. The highest BCUT2D eigenvalue weighted by Crippen LogP contribution is 2.10. The number of nitrogens with zero attached hydrogens (tertiary/aromatic N) is 3. The molecule has 1 fully saturated rings. The molecule has 1 aromatic rings. The molecule has 0 aliphatic carbocycles. The number of nitrogen functional groups attached to an aromatic ring is 1. The van der Waals surface area contributed by atoms with Crippen molar-refractivity contribution in [2.75, 3.05) is 25.4 Å². The highest BCUT2D eigenvalue weighted by Gasteiger charge is 2.26. The van der Waals surface area contributed by atoms with Crippen molar-refractivity contribution in [3.63, 3.8) is 0 Å². The fraction of sp³-hybridized carbons (Fsp3) is 0.364. The maximum Gasteiger partial charge on any atom is 0.407 e. The third-order valence-corrected chi connectivity index (χ3v) is 2.78. The van der Waals surface area contributed by atoms with E-state index in [0.29, 0.717) is 31.0 Å². The molecule has 0 bridgehead atoms. The van der Waals surface area contributed by atoms with E-state index in [1.165, 1.54) is 0 Å². The van der Waals surface area contributed by atoms with Crippen LogP contribution < -0.4 is 5.73 Å². The lowest BCUT2D eigenvalue weighted by atomic mass is 10.2. The molecule has 0 unspecified atom stereocenters. The molecule has 0 radical (unpaired) electrons. The van der Waals surface area contributed by atoms with Crippen LogP contribution in [0.4, 0.5) is 10.5 Å². The predicted octanol–water partition coefficient (Wildman–Crippen LogP) is -0.0140. The van der Waals surface area contributed by atoms with Crippen molar-refractivity contribution in [2.45, 2.75) is 6.54 Å². The fourth-order valence-electron chi connectivity index (χ4n) is 1.82. The summed E-state index contributed by atoms with van der Waals surface area (Å²) in [4.78, 5) is 29.3. The van der Waals surface area contributed by atoms with E-state index in [1.54, 1.807) is 23.2 Å². The average Bonchev–Trinajstić information content (AvgIpc) is 2.31. The molecule has 1 aliphatic heterocycles. The molecule has 0 aromatic carbocycles. The molecule has 7 nitrogen and oxygen atoms in total. The van der Waals surface area contributed by atoms with Crippen molar-refractivity contribution in [2.24, 2.45) is 0 Å². The minimum atomic E-state index is -1.06. The first-order chi connectivity index (χ1) is 8.56. The molecule has 1 saturated heterocycles. The lowest BCUT2D eigenvalue weighted by Crippen LogP contribution is -2.51. The number of carbonyl (C=O) groups is 2. The minimum Gasteiger partial charge on any atom is -0.465 e. The molecular weight excluding hydrogens is 236 g/mol. The van der Waals surface area contributed by atoms with Crippen LogP contribution in [0, 0.1) is 0 Å². The number of piperazine rings is 1. The zero-order valence-electron chi connectivity index (χ0n) is 9.74. The summed E-state index contributed by atoms with van der Waals surface area (Å²) in [7, 11) is 0. The van der Waals surface area contributed by atoms with E-state index in [0.717, 1.165) is 4.90 Å². The topological polar surface area (TPSA) is 99.8 Å². The zero-order chi connectivity index (χ0) is 13.1. The molecule has 96 valence electrons. The molecule has 18 heavy (non-hydrogen) atoms. The molecular formula is C11H14N4O3. The molecule has 7 heteroatoms. The third-order valence-electron chi connectivity index (χ3n) is 2.78. The standard InChI is InChI=1S/C11H14N4O3/c12-8-1-2-13-9(5-8)6-14-3-4-15(11(17)18)7-10(14)16/h1-2,5H,3-4,6-7H2,(H2,12,13)(H,17,18). The van der Waals surface area contributed by atoms with Gasteiger partial charge in [-0.15, -0.1) is 0 Å². The van der Waals surface area contributed by atoms with Gasteiger partial charge in [-0.1, -0.05) is 0 Å². The Hall–Kier alpha value is -2.31. The summed E-state index contributed by atoms with van der Waals surface area (Å²) < 4.78 is 0. The molecule has 2 heterocycles. The van der Waals surface area contributed by atoms with E-state index in [-0.39, 0.29) is 12.5 Å². The number of carbonyl (C=O) groups excluding carboxylic acids is 1. The van der Waals surface area contributed by atoms with Crippen LogP contribution in [0.15, 0.2) is 18.3 Å². The smallest absolute Gasteiger partial charge is 0.407 e. The molecule has 0 atom stereocenters. The Morgan fingerprint density at radius 1 is 1.50 bits per heavy atom. The van der Waals surface area contributed by atoms with E-state index >= 15 is 0 Å². The Morgan fingerprint density at radius 3 is 2.89 bits per heavy atom. The van der Waals surface area contributed by atoms with Crippen molar-refractivity contribution >= 4 is 17.7 Å². The Bertz CT molecular complexity index is 477. The number of nitrogens with two attached hydrogens (primary N) is 1. The van der Waals surface area contributed by atoms with Gasteiger partial charge in [-0.3, -0.25) is 14.7 Å².